The molecule has 0 radical (unpaired) electrons. The molecular weight excluding hydrogens is 288 g/mol. The topological polar surface area (TPSA) is 49.4 Å². The minimum Gasteiger partial charge on any atom is -0.354 e. The van der Waals surface area contributed by atoms with E-state index in [1.165, 1.54) is 0 Å². The van der Waals surface area contributed by atoms with Crippen LogP contribution in [0.2, 0.25) is 0 Å². The van der Waals surface area contributed by atoms with E-state index in [2.05, 4.69) is 19.2 Å². The minimum absolute atomic E-state index is 0.0304. The molecule has 0 unspecified atom stereocenters. The summed E-state index contributed by atoms with van der Waals surface area (Å²) in [6.45, 7) is 9.16. The number of benzene rings is 1. The number of nitrogens with zero attached hydrogens (tertiary/aromatic N) is 1. The van der Waals surface area contributed by atoms with Crippen LogP contribution in [0.3, 0.4) is 0 Å². The maximum Gasteiger partial charge on any atom is 0.242 e. The molecule has 1 atom stereocenters. The first-order chi connectivity index (χ1) is 11.0. The molecule has 0 aromatic heterocycles. The van der Waals surface area contributed by atoms with Gasteiger partial charge in [0, 0.05) is 19.5 Å². The SMILES string of the molecule is CCCC(=O)N(Cc1ccccc1)[C@@H](C)C(=O)NCCC(C)C. The van der Waals surface area contributed by atoms with Gasteiger partial charge >= 0.3 is 0 Å². The van der Waals surface area contributed by atoms with Crippen LogP contribution in [0.5, 0.6) is 0 Å². The molecule has 1 N–H and O–H groups in total. The lowest BCUT2D eigenvalue weighted by atomic mass is 10.1. The van der Waals surface area contributed by atoms with Crippen molar-refractivity contribution in [3.8, 4) is 0 Å². The molecule has 4 heteroatoms. The van der Waals surface area contributed by atoms with Gasteiger partial charge in [0.15, 0.2) is 0 Å². The quantitative estimate of drug-likeness (QED) is 0.759. The van der Waals surface area contributed by atoms with Crippen molar-refractivity contribution in [2.75, 3.05) is 6.54 Å². The molecule has 2 amide bonds. The van der Waals surface area contributed by atoms with Gasteiger partial charge in [-0.1, -0.05) is 51.1 Å². The molecule has 4 nitrogen and oxygen atoms in total. The molecule has 0 bridgehead atoms. The average Bonchev–Trinajstić information content (AvgIpc) is 2.52. The van der Waals surface area contributed by atoms with Crippen molar-refractivity contribution < 1.29 is 9.59 Å². The van der Waals surface area contributed by atoms with Gasteiger partial charge in [0.1, 0.15) is 6.04 Å². The van der Waals surface area contributed by atoms with E-state index in [0.29, 0.717) is 25.4 Å². The highest BCUT2D eigenvalue weighted by Gasteiger charge is 2.25. The summed E-state index contributed by atoms with van der Waals surface area (Å²) in [6.07, 6.45) is 2.20. The molecule has 0 aliphatic carbocycles. The first kappa shape index (κ1) is 19.2. The third-order valence-corrected chi connectivity index (χ3v) is 3.85. The van der Waals surface area contributed by atoms with E-state index >= 15 is 0 Å². The molecule has 0 aliphatic heterocycles. The van der Waals surface area contributed by atoms with Crippen molar-refractivity contribution in [3.05, 3.63) is 35.9 Å². The molecular formula is C19H30N2O2. The monoisotopic (exact) mass is 318 g/mol. The zero-order chi connectivity index (χ0) is 17.2. The number of amides is 2. The van der Waals surface area contributed by atoms with Crippen LogP contribution >= 0.6 is 0 Å². The largest absolute Gasteiger partial charge is 0.354 e. The van der Waals surface area contributed by atoms with Crippen molar-refractivity contribution in [1.82, 2.24) is 10.2 Å². The molecule has 0 saturated heterocycles. The molecule has 1 rings (SSSR count). The molecule has 0 aliphatic rings. The number of rotatable bonds is 9. The summed E-state index contributed by atoms with van der Waals surface area (Å²) >= 11 is 0. The van der Waals surface area contributed by atoms with Crippen LogP contribution in [0, 0.1) is 5.92 Å². The van der Waals surface area contributed by atoms with E-state index in [-0.39, 0.29) is 11.8 Å². The Morgan fingerprint density at radius 3 is 2.35 bits per heavy atom. The van der Waals surface area contributed by atoms with E-state index in [4.69, 9.17) is 0 Å². The summed E-state index contributed by atoms with van der Waals surface area (Å²) < 4.78 is 0. The van der Waals surface area contributed by atoms with Crippen LogP contribution in [-0.4, -0.2) is 29.3 Å². The van der Waals surface area contributed by atoms with Gasteiger partial charge in [-0.2, -0.15) is 0 Å². The van der Waals surface area contributed by atoms with Gasteiger partial charge < -0.3 is 10.2 Å². The lowest BCUT2D eigenvalue weighted by Crippen LogP contribution is -2.47. The van der Waals surface area contributed by atoms with Gasteiger partial charge in [0.25, 0.3) is 0 Å². The second-order valence-corrected chi connectivity index (χ2v) is 6.41. The van der Waals surface area contributed by atoms with Gasteiger partial charge in [-0.05, 0) is 31.2 Å². The lowest BCUT2D eigenvalue weighted by Gasteiger charge is -2.29. The Bertz CT molecular complexity index is 485. The summed E-state index contributed by atoms with van der Waals surface area (Å²) in [7, 11) is 0. The van der Waals surface area contributed by atoms with E-state index < -0.39 is 6.04 Å². The Hall–Kier alpha value is -1.84. The summed E-state index contributed by atoms with van der Waals surface area (Å²) in [5.41, 5.74) is 1.04. The third-order valence-electron chi connectivity index (χ3n) is 3.85. The van der Waals surface area contributed by atoms with Crippen LogP contribution < -0.4 is 5.32 Å². The third kappa shape index (κ3) is 6.85. The average molecular weight is 318 g/mol. The highest BCUT2D eigenvalue weighted by Crippen LogP contribution is 2.11. The fourth-order valence-electron chi connectivity index (χ4n) is 2.35. The van der Waals surface area contributed by atoms with Gasteiger partial charge in [0.05, 0.1) is 0 Å². The molecule has 128 valence electrons. The fourth-order valence-corrected chi connectivity index (χ4v) is 2.35. The van der Waals surface area contributed by atoms with Crippen molar-refractivity contribution in [2.24, 2.45) is 5.92 Å². The Balaban J connectivity index is 2.73. The Morgan fingerprint density at radius 1 is 1.13 bits per heavy atom. The Kier molecular flexibility index (Phi) is 8.38. The maximum atomic E-state index is 12.4. The van der Waals surface area contributed by atoms with E-state index in [1.807, 2.05) is 37.3 Å². The highest BCUT2D eigenvalue weighted by molar-refractivity contribution is 5.87. The summed E-state index contributed by atoms with van der Waals surface area (Å²) in [4.78, 5) is 26.5. The standard InChI is InChI=1S/C19H30N2O2/c1-5-9-18(22)21(14-17-10-7-6-8-11-17)16(4)19(23)20-13-12-15(2)3/h6-8,10-11,15-16H,5,9,12-14H2,1-4H3,(H,20,23)/t16-/m0/s1. The second-order valence-electron chi connectivity index (χ2n) is 6.41. The molecule has 1 aromatic rings. The van der Waals surface area contributed by atoms with E-state index in [1.54, 1.807) is 11.8 Å². The zero-order valence-electron chi connectivity index (χ0n) is 14.8. The molecule has 0 spiro atoms. The van der Waals surface area contributed by atoms with Crippen LogP contribution in [0.1, 0.15) is 52.5 Å². The normalized spacial score (nSPS) is 12.0. The summed E-state index contributed by atoms with van der Waals surface area (Å²) in [5.74, 6) is 0.502. The number of hydrogen-bond donors (Lipinski definition) is 1. The first-order valence-corrected chi connectivity index (χ1v) is 8.56. The molecule has 1 aromatic carbocycles. The zero-order valence-corrected chi connectivity index (χ0v) is 14.8. The molecule has 0 fully saturated rings. The van der Waals surface area contributed by atoms with Crippen LogP contribution in [0.15, 0.2) is 30.3 Å². The first-order valence-electron chi connectivity index (χ1n) is 8.56. The van der Waals surface area contributed by atoms with Crippen molar-refractivity contribution in [1.29, 1.82) is 0 Å². The smallest absolute Gasteiger partial charge is 0.242 e. The Labute approximate surface area is 140 Å². The molecule has 23 heavy (non-hydrogen) atoms. The van der Waals surface area contributed by atoms with Crippen molar-refractivity contribution in [2.45, 2.75) is 59.5 Å². The van der Waals surface area contributed by atoms with Crippen molar-refractivity contribution >= 4 is 11.8 Å². The summed E-state index contributed by atoms with van der Waals surface area (Å²) in [5, 5.41) is 2.94. The molecule has 0 heterocycles. The lowest BCUT2D eigenvalue weighted by molar-refractivity contribution is -0.140. The van der Waals surface area contributed by atoms with E-state index in [0.717, 1.165) is 18.4 Å². The number of hydrogen-bond acceptors (Lipinski definition) is 2. The van der Waals surface area contributed by atoms with Gasteiger partial charge in [-0.25, -0.2) is 0 Å². The number of nitrogens with one attached hydrogen (secondary N) is 1. The van der Waals surface area contributed by atoms with Crippen LogP contribution in [0.4, 0.5) is 0 Å². The van der Waals surface area contributed by atoms with Crippen LogP contribution in [-0.2, 0) is 16.1 Å². The maximum absolute atomic E-state index is 12.4. The second kappa shape index (κ2) is 10.0. The van der Waals surface area contributed by atoms with Gasteiger partial charge in [-0.3, -0.25) is 9.59 Å². The van der Waals surface area contributed by atoms with Crippen molar-refractivity contribution in [3.63, 3.8) is 0 Å². The van der Waals surface area contributed by atoms with Gasteiger partial charge in [0.2, 0.25) is 11.8 Å². The van der Waals surface area contributed by atoms with Crippen LogP contribution in [0.25, 0.3) is 0 Å². The number of carbonyl (C=O) groups is 2. The van der Waals surface area contributed by atoms with E-state index in [9.17, 15) is 9.59 Å². The number of carbonyl (C=O) groups excluding carboxylic acids is 2. The van der Waals surface area contributed by atoms with Gasteiger partial charge in [-0.15, -0.1) is 0 Å². The predicted molar refractivity (Wildman–Crippen MR) is 93.8 cm³/mol. The fraction of sp³-hybridized carbons (Fsp3) is 0.579. The Morgan fingerprint density at radius 2 is 1.78 bits per heavy atom. The minimum atomic E-state index is -0.457. The predicted octanol–water partition coefficient (Wildman–Crippen LogP) is 3.37. The highest BCUT2D eigenvalue weighted by atomic mass is 16.2. The summed E-state index contributed by atoms with van der Waals surface area (Å²) in [6, 6.07) is 9.35. The molecule has 0 saturated carbocycles.